The summed E-state index contributed by atoms with van der Waals surface area (Å²) < 4.78 is 30.3. The van der Waals surface area contributed by atoms with E-state index in [1.165, 1.54) is 0 Å². The van der Waals surface area contributed by atoms with Crippen LogP contribution in [0.3, 0.4) is 0 Å². The first-order valence-electron chi connectivity index (χ1n) is 9.99. The van der Waals surface area contributed by atoms with Crippen molar-refractivity contribution < 1.29 is 28.8 Å². The Labute approximate surface area is 171 Å². The van der Waals surface area contributed by atoms with Crippen LogP contribution in [0.15, 0.2) is 60.7 Å². The van der Waals surface area contributed by atoms with E-state index in [4.69, 9.17) is 23.7 Å². The van der Waals surface area contributed by atoms with Crippen molar-refractivity contribution in [2.45, 2.75) is 63.6 Å². The quantitative estimate of drug-likeness (QED) is 0.735. The van der Waals surface area contributed by atoms with E-state index < -0.39 is 30.4 Å². The second-order valence-electron chi connectivity index (χ2n) is 7.85. The number of aliphatic hydroxyl groups excluding tert-OH is 1. The Morgan fingerprint density at radius 3 is 2.17 bits per heavy atom. The average Bonchev–Trinajstić information content (AvgIpc) is 3.20. The predicted octanol–water partition coefficient (Wildman–Crippen LogP) is 3.03. The highest BCUT2D eigenvalue weighted by Gasteiger charge is 2.57. The van der Waals surface area contributed by atoms with E-state index in [-0.39, 0.29) is 12.7 Å². The van der Waals surface area contributed by atoms with Gasteiger partial charge in [0.25, 0.3) is 0 Å². The summed E-state index contributed by atoms with van der Waals surface area (Å²) in [4.78, 5) is 0. The second kappa shape index (κ2) is 8.92. The number of aliphatic hydroxyl groups is 1. The minimum atomic E-state index is -0.742. The van der Waals surface area contributed by atoms with Crippen molar-refractivity contribution in [3.8, 4) is 0 Å². The number of hydrogen-bond donors (Lipinski definition) is 1. The third kappa shape index (κ3) is 4.86. The summed E-state index contributed by atoms with van der Waals surface area (Å²) in [7, 11) is 0. The van der Waals surface area contributed by atoms with Gasteiger partial charge in [-0.15, -0.1) is 0 Å². The lowest BCUT2D eigenvalue weighted by atomic mass is 10.1. The minimum absolute atomic E-state index is 0.189. The largest absolute Gasteiger partial charge is 0.394 e. The number of ether oxygens (including phenoxy) is 5. The van der Waals surface area contributed by atoms with Crippen molar-refractivity contribution in [3.63, 3.8) is 0 Å². The molecule has 2 aliphatic heterocycles. The molecule has 6 heteroatoms. The Morgan fingerprint density at radius 2 is 1.55 bits per heavy atom. The van der Waals surface area contributed by atoms with E-state index >= 15 is 0 Å². The molecular weight excluding hydrogens is 372 g/mol. The van der Waals surface area contributed by atoms with Crippen LogP contribution in [-0.4, -0.2) is 48.2 Å². The molecule has 6 nitrogen and oxygen atoms in total. The van der Waals surface area contributed by atoms with Crippen LogP contribution >= 0.6 is 0 Å². The number of benzene rings is 2. The van der Waals surface area contributed by atoms with E-state index in [0.717, 1.165) is 11.1 Å². The summed E-state index contributed by atoms with van der Waals surface area (Å²) >= 11 is 0. The smallest absolute Gasteiger partial charge is 0.190 e. The molecule has 5 atom stereocenters. The highest BCUT2D eigenvalue weighted by molar-refractivity contribution is 5.14. The molecule has 0 aromatic heterocycles. The topological polar surface area (TPSA) is 66.4 Å². The average molecular weight is 400 g/mol. The van der Waals surface area contributed by atoms with Crippen LogP contribution in [0.25, 0.3) is 0 Å². The van der Waals surface area contributed by atoms with Crippen molar-refractivity contribution >= 4 is 0 Å². The highest BCUT2D eigenvalue weighted by atomic mass is 16.8. The van der Waals surface area contributed by atoms with Crippen LogP contribution in [0.2, 0.25) is 0 Å². The third-order valence-corrected chi connectivity index (χ3v) is 5.17. The first-order valence-corrected chi connectivity index (χ1v) is 9.99. The summed E-state index contributed by atoms with van der Waals surface area (Å²) in [5.41, 5.74) is 2.08. The van der Waals surface area contributed by atoms with Crippen LogP contribution in [-0.2, 0) is 36.9 Å². The summed E-state index contributed by atoms with van der Waals surface area (Å²) in [6.45, 7) is 4.31. The lowest BCUT2D eigenvalue weighted by molar-refractivity contribution is -0.237. The maximum Gasteiger partial charge on any atom is 0.190 e. The van der Waals surface area contributed by atoms with Crippen molar-refractivity contribution in [1.82, 2.24) is 0 Å². The van der Waals surface area contributed by atoms with Crippen molar-refractivity contribution in [1.29, 1.82) is 0 Å². The zero-order chi connectivity index (χ0) is 20.3. The van der Waals surface area contributed by atoms with Crippen LogP contribution in [0.5, 0.6) is 0 Å². The Hall–Kier alpha value is -1.80. The molecule has 2 aliphatic rings. The molecule has 0 spiro atoms. The fourth-order valence-electron chi connectivity index (χ4n) is 3.79. The highest BCUT2D eigenvalue weighted by Crippen LogP contribution is 2.40. The minimum Gasteiger partial charge on any atom is -0.394 e. The molecule has 29 heavy (non-hydrogen) atoms. The lowest BCUT2D eigenvalue weighted by Crippen LogP contribution is -2.45. The van der Waals surface area contributed by atoms with Crippen LogP contribution in [0.1, 0.15) is 25.0 Å². The molecule has 0 radical (unpaired) electrons. The van der Waals surface area contributed by atoms with Gasteiger partial charge in [0.05, 0.1) is 19.8 Å². The Morgan fingerprint density at radius 1 is 0.931 bits per heavy atom. The van der Waals surface area contributed by atoms with Gasteiger partial charge in [0.15, 0.2) is 12.1 Å². The van der Waals surface area contributed by atoms with Crippen LogP contribution < -0.4 is 0 Å². The molecule has 2 saturated heterocycles. The zero-order valence-corrected chi connectivity index (χ0v) is 16.8. The van der Waals surface area contributed by atoms with E-state index in [1.54, 1.807) is 0 Å². The van der Waals surface area contributed by atoms with Gasteiger partial charge >= 0.3 is 0 Å². The first-order chi connectivity index (χ1) is 14.1. The monoisotopic (exact) mass is 400 g/mol. The fourth-order valence-corrected chi connectivity index (χ4v) is 3.79. The summed E-state index contributed by atoms with van der Waals surface area (Å²) in [6.07, 6.45) is -2.41. The number of fused-ring (bicyclic) bond motifs is 1. The van der Waals surface area contributed by atoms with Crippen molar-refractivity contribution in [3.05, 3.63) is 71.8 Å². The molecule has 2 aromatic carbocycles. The maximum absolute atomic E-state index is 9.99. The molecule has 2 aromatic rings. The maximum atomic E-state index is 9.99. The van der Waals surface area contributed by atoms with Gasteiger partial charge in [-0.2, -0.15) is 0 Å². The van der Waals surface area contributed by atoms with Gasteiger partial charge < -0.3 is 28.8 Å². The fraction of sp³-hybridized carbons (Fsp3) is 0.478. The molecule has 156 valence electrons. The molecule has 1 N–H and O–H groups in total. The molecular formula is C23H28O6. The van der Waals surface area contributed by atoms with Gasteiger partial charge in [-0.1, -0.05) is 60.7 Å². The predicted molar refractivity (Wildman–Crippen MR) is 106 cm³/mol. The Kier molecular flexibility index (Phi) is 6.29. The van der Waals surface area contributed by atoms with Crippen LogP contribution in [0, 0.1) is 0 Å². The number of hydrogen-bond acceptors (Lipinski definition) is 6. The van der Waals surface area contributed by atoms with Crippen LogP contribution in [0.4, 0.5) is 0 Å². The Balaban J connectivity index is 1.46. The molecule has 4 rings (SSSR count). The summed E-state index contributed by atoms with van der Waals surface area (Å²) in [5, 5.41) is 9.99. The standard InChI is InChI=1S/C23H28O6/c1-23(2)28-21-20(26-15-17-11-7-4-8-12-17)19(27-22(21)29-23)18(13-24)25-14-16-9-5-3-6-10-16/h3-12,18-22,24H,13-15H2,1-2H3/t18-,19-,20-,21-,22-/m1/s1. The summed E-state index contributed by atoms with van der Waals surface area (Å²) in [5.74, 6) is -0.742. The van der Waals surface area contributed by atoms with Gasteiger partial charge in [0, 0.05) is 0 Å². The number of rotatable bonds is 8. The molecule has 0 saturated carbocycles. The van der Waals surface area contributed by atoms with E-state index in [0.29, 0.717) is 13.2 Å². The van der Waals surface area contributed by atoms with E-state index in [2.05, 4.69) is 0 Å². The second-order valence-corrected chi connectivity index (χ2v) is 7.85. The third-order valence-electron chi connectivity index (χ3n) is 5.17. The van der Waals surface area contributed by atoms with Gasteiger partial charge in [-0.25, -0.2) is 0 Å². The molecule has 0 bridgehead atoms. The summed E-state index contributed by atoms with van der Waals surface area (Å²) in [6, 6.07) is 19.8. The molecule has 0 amide bonds. The van der Waals surface area contributed by atoms with E-state index in [1.807, 2.05) is 74.5 Å². The molecule has 2 fully saturated rings. The van der Waals surface area contributed by atoms with Gasteiger partial charge in [-0.05, 0) is 25.0 Å². The zero-order valence-electron chi connectivity index (χ0n) is 16.8. The van der Waals surface area contributed by atoms with Gasteiger partial charge in [0.1, 0.15) is 24.4 Å². The first kappa shape index (κ1) is 20.5. The Bertz CT molecular complexity index is 765. The molecule has 0 aliphatic carbocycles. The normalized spacial score (nSPS) is 28.9. The van der Waals surface area contributed by atoms with Crippen molar-refractivity contribution in [2.24, 2.45) is 0 Å². The SMILES string of the molecule is CC1(C)O[C@H]2O[C@H]([C@@H](CO)OCc3ccccc3)[C@@H](OCc3ccccc3)[C@H]2O1. The lowest BCUT2D eigenvalue weighted by Gasteiger charge is -2.30. The molecule has 0 unspecified atom stereocenters. The molecule has 2 heterocycles. The van der Waals surface area contributed by atoms with Gasteiger partial charge in [-0.3, -0.25) is 0 Å². The van der Waals surface area contributed by atoms with Gasteiger partial charge in [0.2, 0.25) is 0 Å². The van der Waals surface area contributed by atoms with Crippen molar-refractivity contribution in [2.75, 3.05) is 6.61 Å². The van der Waals surface area contributed by atoms with E-state index in [9.17, 15) is 5.11 Å².